The lowest BCUT2D eigenvalue weighted by Gasteiger charge is -2.13. The van der Waals surface area contributed by atoms with Gasteiger partial charge in [0.15, 0.2) is 0 Å². The minimum absolute atomic E-state index is 0.116. The molecule has 2 N–H and O–H groups in total. The van der Waals surface area contributed by atoms with Gasteiger partial charge in [-0.2, -0.15) is 0 Å². The molecule has 0 unspecified atom stereocenters. The van der Waals surface area contributed by atoms with E-state index >= 15 is 0 Å². The van der Waals surface area contributed by atoms with E-state index in [1.807, 2.05) is 0 Å². The fourth-order valence-electron chi connectivity index (χ4n) is 1.68. The van der Waals surface area contributed by atoms with Gasteiger partial charge in [-0.05, 0) is 17.7 Å². The van der Waals surface area contributed by atoms with Gasteiger partial charge in [-0.1, -0.05) is 24.3 Å². The number of alkyl halides is 3. The SMILES string of the molecule is OCc1ccc(NCc2ccccc2OC(F)(F)F)nc1. The third-order valence-corrected chi connectivity index (χ3v) is 2.67. The Morgan fingerprint density at radius 1 is 1.14 bits per heavy atom. The van der Waals surface area contributed by atoms with E-state index in [2.05, 4.69) is 15.0 Å². The fraction of sp³-hybridized carbons (Fsp3) is 0.214. The van der Waals surface area contributed by atoms with Gasteiger partial charge in [0, 0.05) is 18.3 Å². The first-order valence-corrected chi connectivity index (χ1v) is 6.11. The number of hydrogen-bond donors (Lipinski definition) is 2. The Bertz CT molecular complexity index is 586. The molecule has 4 nitrogen and oxygen atoms in total. The van der Waals surface area contributed by atoms with Crippen molar-refractivity contribution in [3.8, 4) is 5.75 Å². The van der Waals surface area contributed by atoms with Crippen molar-refractivity contribution >= 4 is 5.82 Å². The van der Waals surface area contributed by atoms with Gasteiger partial charge in [0.2, 0.25) is 0 Å². The molecule has 0 bridgehead atoms. The summed E-state index contributed by atoms with van der Waals surface area (Å²) < 4.78 is 40.8. The van der Waals surface area contributed by atoms with Crippen LogP contribution in [0.1, 0.15) is 11.1 Å². The molecule has 7 heteroatoms. The summed E-state index contributed by atoms with van der Waals surface area (Å²) in [6.45, 7) is 0.0211. The van der Waals surface area contributed by atoms with E-state index in [-0.39, 0.29) is 18.9 Å². The summed E-state index contributed by atoms with van der Waals surface area (Å²) in [5.74, 6) is 0.249. The highest BCUT2D eigenvalue weighted by atomic mass is 19.4. The number of ether oxygens (including phenoxy) is 1. The van der Waals surface area contributed by atoms with Gasteiger partial charge in [0.05, 0.1) is 6.61 Å². The van der Waals surface area contributed by atoms with Gasteiger partial charge < -0.3 is 15.2 Å². The number of hydrogen-bond acceptors (Lipinski definition) is 4. The van der Waals surface area contributed by atoms with Crippen molar-refractivity contribution in [2.45, 2.75) is 19.5 Å². The van der Waals surface area contributed by atoms with Crippen molar-refractivity contribution in [2.24, 2.45) is 0 Å². The smallest absolute Gasteiger partial charge is 0.405 e. The number of nitrogens with zero attached hydrogens (tertiary/aromatic N) is 1. The number of benzene rings is 1. The van der Waals surface area contributed by atoms with Crippen molar-refractivity contribution in [2.75, 3.05) is 5.32 Å². The van der Waals surface area contributed by atoms with Crippen LogP contribution >= 0.6 is 0 Å². The van der Waals surface area contributed by atoms with Crippen molar-refractivity contribution in [1.29, 1.82) is 0 Å². The molecule has 0 aliphatic carbocycles. The quantitative estimate of drug-likeness (QED) is 0.890. The molecule has 112 valence electrons. The predicted octanol–water partition coefficient (Wildman–Crippen LogP) is 3.08. The maximum atomic E-state index is 12.3. The zero-order chi connectivity index (χ0) is 15.3. The summed E-state index contributed by atoms with van der Waals surface area (Å²) in [5.41, 5.74) is 1.02. The average molecular weight is 298 g/mol. The second kappa shape index (κ2) is 6.45. The number of pyridine rings is 1. The first kappa shape index (κ1) is 15.1. The van der Waals surface area contributed by atoms with E-state index < -0.39 is 6.36 Å². The van der Waals surface area contributed by atoms with Gasteiger partial charge in [-0.3, -0.25) is 0 Å². The predicted molar refractivity (Wildman–Crippen MR) is 70.6 cm³/mol. The van der Waals surface area contributed by atoms with E-state index in [1.54, 1.807) is 18.2 Å². The van der Waals surface area contributed by atoms with E-state index in [0.717, 1.165) is 0 Å². The molecular weight excluding hydrogens is 285 g/mol. The Hall–Kier alpha value is -2.28. The van der Waals surface area contributed by atoms with Crippen molar-refractivity contribution in [3.63, 3.8) is 0 Å². The number of rotatable bonds is 5. The maximum Gasteiger partial charge on any atom is 0.573 e. The summed E-state index contributed by atoms with van der Waals surface area (Å²) in [6.07, 6.45) is -3.24. The van der Waals surface area contributed by atoms with Gasteiger partial charge in [0.25, 0.3) is 0 Å². The molecular formula is C14H13F3N2O2. The molecule has 0 aliphatic rings. The summed E-state index contributed by atoms with van der Waals surface area (Å²) >= 11 is 0. The molecule has 21 heavy (non-hydrogen) atoms. The Morgan fingerprint density at radius 3 is 2.52 bits per heavy atom. The normalized spacial score (nSPS) is 11.2. The largest absolute Gasteiger partial charge is 0.573 e. The number of halogens is 3. The molecule has 0 radical (unpaired) electrons. The van der Waals surface area contributed by atoms with E-state index in [9.17, 15) is 13.2 Å². The number of nitrogens with one attached hydrogen (secondary N) is 1. The minimum Gasteiger partial charge on any atom is -0.405 e. The number of aliphatic hydroxyl groups is 1. The van der Waals surface area contributed by atoms with Crippen LogP contribution in [0.4, 0.5) is 19.0 Å². The second-order valence-electron chi connectivity index (χ2n) is 4.22. The molecule has 2 rings (SSSR count). The van der Waals surface area contributed by atoms with Gasteiger partial charge in [-0.25, -0.2) is 4.98 Å². The molecule has 0 aliphatic heterocycles. The highest BCUT2D eigenvalue weighted by molar-refractivity contribution is 5.40. The molecule has 0 spiro atoms. The standard InChI is InChI=1S/C14H13F3N2O2/c15-14(16,17)21-12-4-2-1-3-11(12)8-19-13-6-5-10(9-20)7-18-13/h1-7,20H,8-9H2,(H,18,19). The first-order valence-electron chi connectivity index (χ1n) is 6.11. The van der Waals surface area contributed by atoms with E-state index in [1.165, 1.54) is 24.4 Å². The van der Waals surface area contributed by atoms with E-state index in [0.29, 0.717) is 16.9 Å². The fourth-order valence-corrected chi connectivity index (χ4v) is 1.68. The lowest BCUT2D eigenvalue weighted by atomic mass is 10.2. The lowest BCUT2D eigenvalue weighted by molar-refractivity contribution is -0.274. The van der Waals surface area contributed by atoms with Crippen LogP contribution in [0.5, 0.6) is 5.75 Å². The van der Waals surface area contributed by atoms with Crippen LogP contribution in [0.25, 0.3) is 0 Å². The number of anilines is 1. The summed E-state index contributed by atoms with van der Waals surface area (Å²) in [5, 5.41) is 11.8. The molecule has 0 saturated heterocycles. The molecule has 1 aromatic carbocycles. The number of para-hydroxylation sites is 1. The van der Waals surface area contributed by atoms with Gasteiger partial charge >= 0.3 is 6.36 Å². The third kappa shape index (κ3) is 4.64. The molecule has 2 aromatic rings. The molecule has 0 amide bonds. The van der Waals surface area contributed by atoms with Crippen LogP contribution in [0.15, 0.2) is 42.6 Å². The zero-order valence-electron chi connectivity index (χ0n) is 10.9. The average Bonchev–Trinajstić information content (AvgIpc) is 2.45. The zero-order valence-corrected chi connectivity index (χ0v) is 10.9. The van der Waals surface area contributed by atoms with Crippen molar-refractivity contribution < 1.29 is 23.0 Å². The summed E-state index contributed by atoms with van der Waals surface area (Å²) in [4.78, 5) is 4.03. The Labute approximate surface area is 119 Å². The Morgan fingerprint density at radius 2 is 1.90 bits per heavy atom. The molecule has 1 aromatic heterocycles. The molecule has 1 heterocycles. The third-order valence-electron chi connectivity index (χ3n) is 2.67. The van der Waals surface area contributed by atoms with Crippen LogP contribution in [-0.4, -0.2) is 16.5 Å². The molecule has 0 saturated carbocycles. The van der Waals surface area contributed by atoms with Crippen LogP contribution in [-0.2, 0) is 13.2 Å². The van der Waals surface area contributed by atoms with E-state index in [4.69, 9.17) is 5.11 Å². The Balaban J connectivity index is 2.05. The van der Waals surface area contributed by atoms with Crippen LogP contribution < -0.4 is 10.1 Å². The minimum atomic E-state index is -4.73. The van der Waals surface area contributed by atoms with Gasteiger partial charge in [0.1, 0.15) is 11.6 Å². The monoisotopic (exact) mass is 298 g/mol. The second-order valence-corrected chi connectivity index (χ2v) is 4.22. The Kier molecular flexibility index (Phi) is 4.64. The number of aromatic nitrogens is 1. The van der Waals surface area contributed by atoms with Crippen LogP contribution in [0.2, 0.25) is 0 Å². The highest BCUT2D eigenvalue weighted by Crippen LogP contribution is 2.26. The van der Waals surface area contributed by atoms with Crippen LogP contribution in [0.3, 0.4) is 0 Å². The summed E-state index contributed by atoms with van der Waals surface area (Å²) in [7, 11) is 0. The van der Waals surface area contributed by atoms with Gasteiger partial charge in [-0.15, -0.1) is 13.2 Å². The molecule has 0 atom stereocenters. The summed E-state index contributed by atoms with van der Waals surface area (Å²) in [6, 6.07) is 9.20. The van der Waals surface area contributed by atoms with Crippen LogP contribution in [0, 0.1) is 0 Å². The maximum absolute atomic E-state index is 12.3. The lowest BCUT2D eigenvalue weighted by Crippen LogP contribution is -2.18. The topological polar surface area (TPSA) is 54.4 Å². The first-order chi connectivity index (χ1) is 9.98. The number of aliphatic hydroxyl groups excluding tert-OH is 1. The molecule has 0 fully saturated rings. The van der Waals surface area contributed by atoms with Crippen molar-refractivity contribution in [1.82, 2.24) is 4.98 Å². The van der Waals surface area contributed by atoms with Crippen molar-refractivity contribution in [3.05, 3.63) is 53.7 Å². The highest BCUT2D eigenvalue weighted by Gasteiger charge is 2.31.